The summed E-state index contributed by atoms with van der Waals surface area (Å²) in [6, 6.07) is 15.6. The highest BCUT2D eigenvalue weighted by molar-refractivity contribution is 9.11. The number of fused-ring (bicyclic) bond motifs is 1. The number of methoxy groups -OCH3 is 3. The summed E-state index contributed by atoms with van der Waals surface area (Å²) >= 11 is 3.96. The van der Waals surface area contributed by atoms with Gasteiger partial charge in [0.05, 0.1) is 7.11 Å². The molecule has 1 aliphatic carbocycles. The maximum absolute atomic E-state index is 5.49. The summed E-state index contributed by atoms with van der Waals surface area (Å²) in [5, 5.41) is 0. The van der Waals surface area contributed by atoms with Crippen molar-refractivity contribution < 1.29 is 14.2 Å². The van der Waals surface area contributed by atoms with Crippen LogP contribution in [0.3, 0.4) is 0 Å². The Hall–Kier alpha value is -1.82. The number of piperidine rings is 1. The molecule has 0 amide bonds. The molecule has 1 fully saturated rings. The molecule has 172 valence electrons. The van der Waals surface area contributed by atoms with Gasteiger partial charge in [-0.25, -0.2) is 0 Å². The fraction of sp³-hybridized carbons (Fsp3) is 0.481. The molecular formula is C27H34BrNO3. The second kappa shape index (κ2) is 10.4. The molecule has 4 nitrogen and oxygen atoms in total. The van der Waals surface area contributed by atoms with Gasteiger partial charge in [-0.15, -0.1) is 0 Å². The van der Waals surface area contributed by atoms with Crippen molar-refractivity contribution in [2.45, 2.75) is 38.9 Å². The number of aryl methyl sites for hydroxylation is 1. The van der Waals surface area contributed by atoms with Crippen LogP contribution in [0.2, 0.25) is 0 Å². The molecule has 4 rings (SSSR count). The lowest BCUT2D eigenvalue weighted by atomic mass is 9.92. The van der Waals surface area contributed by atoms with Crippen LogP contribution in [0.4, 0.5) is 5.69 Å². The van der Waals surface area contributed by atoms with Gasteiger partial charge >= 0.3 is 0 Å². The van der Waals surface area contributed by atoms with E-state index in [1.54, 1.807) is 21.3 Å². The minimum Gasteiger partial charge on any atom is -0.497 e. The van der Waals surface area contributed by atoms with E-state index < -0.39 is 0 Å². The first kappa shape index (κ1) is 23.3. The Labute approximate surface area is 200 Å². The van der Waals surface area contributed by atoms with Gasteiger partial charge in [0.1, 0.15) is 5.75 Å². The second-order valence-electron chi connectivity index (χ2n) is 8.90. The van der Waals surface area contributed by atoms with Crippen molar-refractivity contribution in [1.29, 1.82) is 0 Å². The van der Waals surface area contributed by atoms with Gasteiger partial charge in [-0.3, -0.25) is 0 Å². The monoisotopic (exact) mass is 499 g/mol. The van der Waals surface area contributed by atoms with Gasteiger partial charge in [-0.1, -0.05) is 41.1 Å². The smallest absolute Gasteiger partial charge is 0.159 e. The highest BCUT2D eigenvalue weighted by atomic mass is 79.9. The van der Waals surface area contributed by atoms with Crippen molar-refractivity contribution in [3.05, 3.63) is 63.6 Å². The molecule has 0 aromatic heterocycles. The Morgan fingerprint density at radius 2 is 1.62 bits per heavy atom. The molecule has 1 heterocycles. The number of allylic oxidation sites excluding steroid dienone is 1. The number of nitrogens with zero attached hydrogens (tertiary/aromatic N) is 1. The van der Waals surface area contributed by atoms with Crippen LogP contribution >= 0.6 is 15.9 Å². The fourth-order valence-electron chi connectivity index (χ4n) is 5.06. The molecule has 2 aliphatic rings. The van der Waals surface area contributed by atoms with Crippen LogP contribution in [0.15, 0.2) is 46.9 Å². The maximum atomic E-state index is 5.49. The molecule has 1 unspecified atom stereocenters. The molecule has 0 saturated carbocycles. The van der Waals surface area contributed by atoms with E-state index in [9.17, 15) is 0 Å². The molecule has 2 aromatic rings. The third-order valence-corrected chi connectivity index (χ3v) is 8.19. The van der Waals surface area contributed by atoms with E-state index in [4.69, 9.17) is 14.2 Å². The predicted octanol–water partition coefficient (Wildman–Crippen LogP) is 6.27. The molecule has 32 heavy (non-hydrogen) atoms. The molecule has 1 saturated heterocycles. The van der Waals surface area contributed by atoms with E-state index in [-0.39, 0.29) is 6.29 Å². The largest absolute Gasteiger partial charge is 0.497 e. The summed E-state index contributed by atoms with van der Waals surface area (Å²) in [6.45, 7) is 4.36. The third-order valence-electron chi connectivity index (χ3n) is 7.01. The zero-order chi connectivity index (χ0) is 22.7. The standard InChI is InChI=1S/C27H34BrNO3/c1-18-5-6-21-17-23(30-2)11-12-24(21)25(26(18)28)19-7-9-22(10-8-19)29-15-13-20(14-16-29)27(31-3)32-4/h7-12,17-18,20,27H,5-6,13-16H2,1-4H3. The lowest BCUT2D eigenvalue weighted by molar-refractivity contribution is -0.141. The van der Waals surface area contributed by atoms with Crippen molar-refractivity contribution >= 4 is 27.2 Å². The van der Waals surface area contributed by atoms with E-state index in [2.05, 4.69) is 70.2 Å². The quantitative estimate of drug-likeness (QED) is 0.438. The van der Waals surface area contributed by atoms with E-state index in [0.29, 0.717) is 11.8 Å². The highest BCUT2D eigenvalue weighted by Gasteiger charge is 2.27. The normalized spacial score (nSPS) is 19.8. The maximum Gasteiger partial charge on any atom is 0.159 e. The third kappa shape index (κ3) is 4.75. The van der Waals surface area contributed by atoms with Crippen molar-refractivity contribution in [2.24, 2.45) is 11.8 Å². The number of halogens is 1. The van der Waals surface area contributed by atoms with Crippen LogP contribution in [0.1, 0.15) is 42.9 Å². The summed E-state index contributed by atoms with van der Waals surface area (Å²) in [5.74, 6) is 1.87. The number of ether oxygens (including phenoxy) is 3. The van der Waals surface area contributed by atoms with Gasteiger partial charge in [-0.2, -0.15) is 0 Å². The van der Waals surface area contributed by atoms with Crippen LogP contribution in [-0.4, -0.2) is 40.7 Å². The first-order valence-corrected chi connectivity index (χ1v) is 12.3. The first-order chi connectivity index (χ1) is 15.5. The summed E-state index contributed by atoms with van der Waals surface area (Å²) in [6.07, 6.45) is 4.25. The summed E-state index contributed by atoms with van der Waals surface area (Å²) in [5.41, 5.74) is 6.51. The van der Waals surface area contributed by atoms with Gasteiger partial charge in [0.15, 0.2) is 6.29 Å². The van der Waals surface area contributed by atoms with Gasteiger partial charge in [0.2, 0.25) is 0 Å². The van der Waals surface area contributed by atoms with E-state index in [1.165, 1.54) is 32.4 Å². The molecule has 5 heteroatoms. The molecule has 0 bridgehead atoms. The Balaban J connectivity index is 1.57. The van der Waals surface area contributed by atoms with Gasteiger partial charge in [0.25, 0.3) is 0 Å². The second-order valence-corrected chi connectivity index (χ2v) is 9.75. The van der Waals surface area contributed by atoms with E-state index >= 15 is 0 Å². The summed E-state index contributed by atoms with van der Waals surface area (Å²) in [4.78, 5) is 2.47. The van der Waals surface area contributed by atoms with Crippen LogP contribution < -0.4 is 9.64 Å². The van der Waals surface area contributed by atoms with Gasteiger partial charge < -0.3 is 19.1 Å². The summed E-state index contributed by atoms with van der Waals surface area (Å²) in [7, 11) is 5.20. The average Bonchev–Trinajstić information content (AvgIpc) is 2.96. The number of benzene rings is 2. The van der Waals surface area contributed by atoms with Crippen LogP contribution in [0.5, 0.6) is 5.75 Å². The van der Waals surface area contributed by atoms with E-state index in [1.807, 2.05) is 0 Å². The molecule has 1 aliphatic heterocycles. The van der Waals surface area contributed by atoms with Gasteiger partial charge in [-0.05, 0) is 78.1 Å². The molecular weight excluding hydrogens is 466 g/mol. The Morgan fingerprint density at radius 1 is 0.938 bits per heavy atom. The lowest BCUT2D eigenvalue weighted by Crippen LogP contribution is -2.39. The lowest BCUT2D eigenvalue weighted by Gasteiger charge is -2.36. The van der Waals surface area contributed by atoms with Crippen LogP contribution in [0, 0.1) is 11.8 Å². The molecule has 0 N–H and O–H groups in total. The highest BCUT2D eigenvalue weighted by Crippen LogP contribution is 2.41. The van der Waals surface area contributed by atoms with Crippen molar-refractivity contribution in [1.82, 2.24) is 0 Å². The van der Waals surface area contributed by atoms with Crippen molar-refractivity contribution in [2.75, 3.05) is 39.3 Å². The average molecular weight is 500 g/mol. The number of hydrogen-bond donors (Lipinski definition) is 0. The number of anilines is 1. The molecule has 0 radical (unpaired) electrons. The zero-order valence-electron chi connectivity index (χ0n) is 19.6. The molecule has 0 spiro atoms. The van der Waals surface area contributed by atoms with E-state index in [0.717, 1.165) is 44.5 Å². The predicted molar refractivity (Wildman–Crippen MR) is 135 cm³/mol. The van der Waals surface area contributed by atoms with Crippen molar-refractivity contribution in [3.63, 3.8) is 0 Å². The Morgan fingerprint density at radius 3 is 2.25 bits per heavy atom. The van der Waals surface area contributed by atoms with Crippen LogP contribution in [0.25, 0.3) is 5.57 Å². The fourth-order valence-corrected chi connectivity index (χ4v) is 5.74. The van der Waals surface area contributed by atoms with Gasteiger partial charge in [0, 0.05) is 43.4 Å². The Kier molecular flexibility index (Phi) is 7.59. The minimum absolute atomic E-state index is 0.0975. The molecule has 2 aromatic carbocycles. The Bertz CT molecular complexity index is 944. The topological polar surface area (TPSA) is 30.9 Å². The van der Waals surface area contributed by atoms with Crippen molar-refractivity contribution in [3.8, 4) is 5.75 Å². The summed E-state index contributed by atoms with van der Waals surface area (Å²) < 4.78 is 17.7. The number of hydrogen-bond acceptors (Lipinski definition) is 4. The van der Waals surface area contributed by atoms with Crippen LogP contribution in [-0.2, 0) is 15.9 Å². The zero-order valence-corrected chi connectivity index (χ0v) is 21.2. The molecule has 1 atom stereocenters. The minimum atomic E-state index is -0.0975. The first-order valence-electron chi connectivity index (χ1n) is 11.5. The SMILES string of the molecule is COc1ccc2c(c1)CCC(C)C(Br)=C2c1ccc(N2CCC(C(OC)OC)CC2)cc1. The number of rotatable bonds is 6.